The number of carbonyl (C=O) groups excluding carboxylic acids is 2. The van der Waals surface area contributed by atoms with Gasteiger partial charge in [0.1, 0.15) is 11.6 Å². The van der Waals surface area contributed by atoms with E-state index in [0.29, 0.717) is 28.7 Å². The molecule has 2 aliphatic heterocycles. The van der Waals surface area contributed by atoms with Crippen LogP contribution in [0.25, 0.3) is 11.3 Å². The SMILES string of the molecule is C=CC(=O)Nc1cc(Nc2nc(-c3ccnc(NC(=O)c4ccc(C(C)(C)C)cc4F)c3CO)cn(C)c2=O)ccc1N1CCN(C2CCOCC2)C[C@@H]1C. The number of halogens is 1. The number of aromatic nitrogens is 3. The average Bonchev–Trinajstić information content (AvgIpc) is 3.16. The van der Waals surface area contributed by atoms with E-state index in [1.165, 1.54) is 35.2 Å². The van der Waals surface area contributed by atoms with Gasteiger partial charge in [0.25, 0.3) is 11.5 Å². The molecule has 0 saturated carbocycles. The van der Waals surface area contributed by atoms with Gasteiger partial charge < -0.3 is 35.3 Å². The summed E-state index contributed by atoms with van der Waals surface area (Å²) in [5.41, 5.74) is 2.67. The zero-order valence-corrected chi connectivity index (χ0v) is 32.0. The maximum absolute atomic E-state index is 15.1. The summed E-state index contributed by atoms with van der Waals surface area (Å²) in [5, 5.41) is 19.2. The summed E-state index contributed by atoms with van der Waals surface area (Å²) in [5.74, 6) is -1.77. The number of benzene rings is 2. The largest absolute Gasteiger partial charge is 0.392 e. The second kappa shape index (κ2) is 16.5. The van der Waals surface area contributed by atoms with Crippen LogP contribution in [0.4, 0.5) is 33.1 Å². The van der Waals surface area contributed by atoms with Gasteiger partial charge >= 0.3 is 0 Å². The number of piperazine rings is 1. The average molecular weight is 753 g/mol. The second-order valence-electron chi connectivity index (χ2n) is 15.1. The molecular formula is C41H49FN8O5. The van der Waals surface area contributed by atoms with E-state index in [1.54, 1.807) is 25.2 Å². The molecule has 4 aromatic rings. The highest BCUT2D eigenvalue weighted by Gasteiger charge is 2.31. The van der Waals surface area contributed by atoms with Crippen LogP contribution in [0.1, 0.15) is 62.0 Å². The number of pyridine rings is 1. The molecule has 13 nitrogen and oxygen atoms in total. The van der Waals surface area contributed by atoms with Crippen LogP contribution < -0.4 is 26.4 Å². The normalized spacial score (nSPS) is 16.8. The minimum absolute atomic E-state index is 0.0144. The fraction of sp³-hybridized carbons (Fsp3) is 0.390. The number of carbonyl (C=O) groups is 2. The van der Waals surface area contributed by atoms with E-state index in [4.69, 9.17) is 4.74 Å². The van der Waals surface area contributed by atoms with Crippen molar-refractivity contribution in [2.45, 2.75) is 64.6 Å². The highest BCUT2D eigenvalue weighted by molar-refractivity contribution is 6.05. The van der Waals surface area contributed by atoms with E-state index in [1.807, 2.05) is 32.9 Å². The van der Waals surface area contributed by atoms with Gasteiger partial charge in [-0.2, -0.15) is 0 Å². The maximum atomic E-state index is 15.1. The molecule has 290 valence electrons. The first-order chi connectivity index (χ1) is 26.3. The van der Waals surface area contributed by atoms with E-state index < -0.39 is 23.9 Å². The van der Waals surface area contributed by atoms with Crippen molar-refractivity contribution in [1.82, 2.24) is 19.4 Å². The Morgan fingerprint density at radius 2 is 1.84 bits per heavy atom. The van der Waals surface area contributed by atoms with Gasteiger partial charge in [-0.3, -0.25) is 19.3 Å². The van der Waals surface area contributed by atoms with Crippen LogP contribution in [0.15, 0.2) is 72.3 Å². The number of aryl methyl sites for hydroxylation is 1. The Balaban J connectivity index is 1.27. The third kappa shape index (κ3) is 8.77. The van der Waals surface area contributed by atoms with E-state index in [-0.39, 0.29) is 40.1 Å². The van der Waals surface area contributed by atoms with Gasteiger partial charge in [-0.15, -0.1) is 0 Å². The molecule has 4 N–H and O–H groups in total. The third-order valence-corrected chi connectivity index (χ3v) is 10.3. The van der Waals surface area contributed by atoms with Crippen molar-refractivity contribution < 1.29 is 23.8 Å². The zero-order chi connectivity index (χ0) is 39.4. The highest BCUT2D eigenvalue weighted by atomic mass is 19.1. The fourth-order valence-corrected chi connectivity index (χ4v) is 7.17. The lowest BCUT2D eigenvalue weighted by molar-refractivity contribution is -0.111. The van der Waals surface area contributed by atoms with Gasteiger partial charge in [-0.25, -0.2) is 14.4 Å². The lowest BCUT2D eigenvalue weighted by Gasteiger charge is -2.45. The molecule has 2 aliphatic rings. The Kier molecular flexibility index (Phi) is 11.8. The summed E-state index contributed by atoms with van der Waals surface area (Å²) >= 11 is 0. The monoisotopic (exact) mass is 752 g/mol. The number of hydrogen-bond donors (Lipinski definition) is 4. The number of anilines is 5. The minimum atomic E-state index is -0.730. The summed E-state index contributed by atoms with van der Waals surface area (Å²) in [6, 6.07) is 12.3. The van der Waals surface area contributed by atoms with Gasteiger partial charge in [0.05, 0.1) is 29.2 Å². The number of aliphatic hydroxyl groups excluding tert-OH is 1. The lowest BCUT2D eigenvalue weighted by Crippen LogP contribution is -2.56. The number of nitrogens with zero attached hydrogens (tertiary/aromatic N) is 5. The molecule has 55 heavy (non-hydrogen) atoms. The van der Waals surface area contributed by atoms with Gasteiger partial charge in [0, 0.05) is 81.2 Å². The zero-order valence-electron chi connectivity index (χ0n) is 32.0. The molecule has 6 rings (SSSR count). The molecule has 14 heteroatoms. The lowest BCUT2D eigenvalue weighted by atomic mass is 9.86. The predicted octanol–water partition coefficient (Wildman–Crippen LogP) is 5.58. The van der Waals surface area contributed by atoms with Gasteiger partial charge in [-0.1, -0.05) is 33.4 Å². The minimum Gasteiger partial charge on any atom is -0.392 e. The first-order valence-electron chi connectivity index (χ1n) is 18.5. The first kappa shape index (κ1) is 39.3. The van der Waals surface area contributed by atoms with Crippen LogP contribution in [-0.4, -0.2) is 81.3 Å². The molecule has 2 aromatic heterocycles. The summed E-state index contributed by atoms with van der Waals surface area (Å²) in [4.78, 5) is 52.9. The van der Waals surface area contributed by atoms with Crippen molar-refractivity contribution in [2.75, 3.05) is 53.7 Å². The Labute approximate surface area is 320 Å². The Bertz CT molecular complexity index is 2140. The molecule has 0 spiro atoms. The quantitative estimate of drug-likeness (QED) is 0.151. The summed E-state index contributed by atoms with van der Waals surface area (Å²) in [6.45, 7) is 15.2. The standard InChI is InChI=1S/C41H49FN8O5/c1-7-36(52)45-33-21-27(9-11-35(33)50-17-16-49(22-25(50)2)28-13-18-55-19-14-28)44-38-40(54)48(6)23-34(46-38)29-12-15-43-37(31(29)24-51)47-39(53)30-10-8-26(20-32(30)42)41(3,4)5/h7-12,15,20-21,23,25,28,51H,1,13-14,16-19,22,24H2,2-6H3,(H,44,46)(H,45,52)(H,43,47,53)/t25-/m0/s1. The molecule has 0 aliphatic carbocycles. The summed E-state index contributed by atoms with van der Waals surface area (Å²) in [6.07, 6.45) is 6.20. The van der Waals surface area contributed by atoms with Crippen molar-refractivity contribution >= 4 is 40.5 Å². The van der Waals surface area contributed by atoms with Crippen molar-refractivity contribution in [2.24, 2.45) is 7.05 Å². The second-order valence-corrected chi connectivity index (χ2v) is 15.1. The van der Waals surface area contributed by atoms with Crippen molar-refractivity contribution in [3.05, 3.63) is 100 Å². The van der Waals surface area contributed by atoms with Crippen molar-refractivity contribution in [3.63, 3.8) is 0 Å². The van der Waals surface area contributed by atoms with Crippen LogP contribution in [-0.2, 0) is 28.6 Å². The van der Waals surface area contributed by atoms with E-state index in [2.05, 4.69) is 49.2 Å². The molecule has 2 saturated heterocycles. The van der Waals surface area contributed by atoms with Crippen LogP contribution in [0.2, 0.25) is 0 Å². The van der Waals surface area contributed by atoms with Gasteiger partial charge in [0.2, 0.25) is 5.91 Å². The number of aliphatic hydroxyl groups is 1. The van der Waals surface area contributed by atoms with Gasteiger partial charge in [0.15, 0.2) is 5.82 Å². The van der Waals surface area contributed by atoms with Crippen molar-refractivity contribution in [1.29, 1.82) is 0 Å². The number of hydrogen-bond acceptors (Lipinski definition) is 10. The molecule has 2 aromatic carbocycles. The molecular weight excluding hydrogens is 703 g/mol. The van der Waals surface area contributed by atoms with Gasteiger partial charge in [-0.05, 0) is 73.2 Å². The fourth-order valence-electron chi connectivity index (χ4n) is 7.17. The Hall–Kier alpha value is -5.44. The Morgan fingerprint density at radius 3 is 2.51 bits per heavy atom. The van der Waals surface area contributed by atoms with E-state index in [9.17, 15) is 19.5 Å². The number of amides is 2. The number of ether oxygens (including phenoxy) is 1. The smallest absolute Gasteiger partial charge is 0.293 e. The predicted molar refractivity (Wildman–Crippen MR) is 212 cm³/mol. The molecule has 1 atom stereocenters. The van der Waals surface area contributed by atoms with Crippen LogP contribution >= 0.6 is 0 Å². The third-order valence-electron chi connectivity index (χ3n) is 10.3. The van der Waals surface area contributed by atoms with E-state index in [0.717, 1.165) is 56.9 Å². The van der Waals surface area contributed by atoms with E-state index >= 15 is 4.39 Å². The molecule has 0 unspecified atom stereocenters. The summed E-state index contributed by atoms with van der Waals surface area (Å²) < 4.78 is 22.0. The van der Waals surface area contributed by atoms with Crippen LogP contribution in [0, 0.1) is 5.82 Å². The topological polar surface area (TPSA) is 154 Å². The maximum Gasteiger partial charge on any atom is 0.293 e. The molecule has 4 heterocycles. The summed E-state index contributed by atoms with van der Waals surface area (Å²) in [7, 11) is 1.57. The molecule has 2 fully saturated rings. The Morgan fingerprint density at radius 1 is 1.07 bits per heavy atom. The highest BCUT2D eigenvalue weighted by Crippen LogP contribution is 2.34. The number of rotatable bonds is 10. The van der Waals surface area contributed by atoms with Crippen molar-refractivity contribution in [3.8, 4) is 11.3 Å². The first-order valence-corrected chi connectivity index (χ1v) is 18.5. The molecule has 2 amide bonds. The van der Waals surface area contributed by atoms with Crippen LogP contribution in [0.3, 0.4) is 0 Å². The molecule has 0 radical (unpaired) electrons. The number of nitrogens with one attached hydrogen (secondary N) is 3. The van der Waals surface area contributed by atoms with Crippen LogP contribution in [0.5, 0.6) is 0 Å². The molecule has 0 bridgehead atoms.